The molecule has 14 heteroatoms. The lowest BCUT2D eigenvalue weighted by molar-refractivity contribution is -0.114. The molecular formula is C18H19ClN8O3S2. The number of nitrogens with zero attached hydrogens (tertiary/aromatic N) is 4. The number of nitrogens with two attached hydrogens (primary N) is 2. The number of halogens is 1. The Hall–Kier alpha value is -3.55. The number of nitrogens with one attached hydrogen (secondary N) is 2. The Balaban J connectivity index is 0.00000363. The van der Waals surface area contributed by atoms with Gasteiger partial charge in [-0.1, -0.05) is 41.7 Å². The Kier molecular flexibility index (Phi) is 8.23. The molecule has 0 bridgehead atoms. The first-order chi connectivity index (χ1) is 14.7. The highest BCUT2D eigenvalue weighted by atomic mass is 35.5. The van der Waals surface area contributed by atoms with Gasteiger partial charge in [0, 0.05) is 18.2 Å². The van der Waals surface area contributed by atoms with Crippen LogP contribution >= 0.6 is 23.7 Å². The maximum atomic E-state index is 12.4. The van der Waals surface area contributed by atoms with Crippen LogP contribution in [0.2, 0.25) is 0 Å². The zero-order chi connectivity index (χ0) is 22.4. The molecule has 0 aliphatic rings. The maximum Gasteiger partial charge on any atom is 0.285 e. The molecule has 1 heterocycles. The zero-order valence-corrected chi connectivity index (χ0v) is 19.0. The van der Waals surface area contributed by atoms with Crippen LogP contribution in [0.3, 0.4) is 0 Å². The molecule has 0 saturated heterocycles. The summed E-state index contributed by atoms with van der Waals surface area (Å²) in [4.78, 5) is 14.9. The average molecular weight is 495 g/mol. The van der Waals surface area contributed by atoms with Gasteiger partial charge in [0.1, 0.15) is 5.01 Å². The number of carbonyl (C=O) groups excluding carboxylic acids is 1. The lowest BCUT2D eigenvalue weighted by Crippen LogP contribution is -2.41. The number of rotatable bonds is 5. The van der Waals surface area contributed by atoms with Crippen LogP contribution < -0.4 is 22.1 Å². The first-order valence-corrected chi connectivity index (χ1v) is 11.0. The smallest absolute Gasteiger partial charge is 0.285 e. The van der Waals surface area contributed by atoms with Crippen molar-refractivity contribution in [3.63, 3.8) is 0 Å². The Morgan fingerprint density at radius 3 is 2.28 bits per heavy atom. The van der Waals surface area contributed by atoms with Gasteiger partial charge in [-0.2, -0.15) is 13.4 Å². The van der Waals surface area contributed by atoms with Crippen molar-refractivity contribution in [3.05, 3.63) is 54.6 Å². The van der Waals surface area contributed by atoms with E-state index in [-0.39, 0.29) is 34.3 Å². The van der Waals surface area contributed by atoms with E-state index in [1.54, 1.807) is 0 Å². The molecule has 3 rings (SSSR count). The van der Waals surface area contributed by atoms with E-state index >= 15 is 0 Å². The minimum Gasteiger partial charge on any atom is -0.369 e. The van der Waals surface area contributed by atoms with E-state index in [4.69, 9.17) is 11.5 Å². The third-order valence-corrected chi connectivity index (χ3v) is 5.77. The summed E-state index contributed by atoms with van der Waals surface area (Å²) >= 11 is 1.20. The number of amides is 1. The molecule has 11 nitrogen and oxygen atoms in total. The number of aliphatic imine (C=N–C) groups is 1. The Morgan fingerprint density at radius 1 is 1.00 bits per heavy atom. The van der Waals surface area contributed by atoms with Gasteiger partial charge in [0.05, 0.1) is 4.90 Å². The Labute approximate surface area is 194 Å². The summed E-state index contributed by atoms with van der Waals surface area (Å²) in [7, 11) is -4.10. The van der Waals surface area contributed by atoms with E-state index in [0.29, 0.717) is 10.7 Å². The average Bonchev–Trinajstić information content (AvgIpc) is 3.16. The lowest BCUT2D eigenvalue weighted by atomic mass is 10.2. The van der Waals surface area contributed by atoms with Crippen molar-refractivity contribution in [3.8, 4) is 10.6 Å². The Morgan fingerprint density at radius 2 is 1.66 bits per heavy atom. The van der Waals surface area contributed by atoms with Gasteiger partial charge >= 0.3 is 0 Å². The molecule has 0 atom stereocenters. The molecule has 0 aliphatic carbocycles. The number of benzene rings is 2. The molecule has 1 aromatic heterocycles. The molecule has 2 aromatic carbocycles. The maximum absolute atomic E-state index is 12.4. The second-order valence-corrected chi connectivity index (χ2v) is 8.60. The SMILES string of the molecule is CC(=O)Nc1ccc(S(=O)(=O)/N=C(\N)N/C(N)=N/c2nnc(-c3ccccc3)s2)cc1.Cl. The van der Waals surface area contributed by atoms with Gasteiger partial charge in [-0.05, 0) is 24.3 Å². The number of anilines is 1. The molecule has 168 valence electrons. The van der Waals surface area contributed by atoms with Gasteiger partial charge in [0.15, 0.2) is 0 Å². The molecule has 0 aliphatic heterocycles. The predicted molar refractivity (Wildman–Crippen MR) is 127 cm³/mol. The molecule has 0 fully saturated rings. The van der Waals surface area contributed by atoms with Gasteiger partial charge in [0.25, 0.3) is 10.0 Å². The van der Waals surface area contributed by atoms with Crippen molar-refractivity contribution in [1.82, 2.24) is 15.5 Å². The molecule has 0 unspecified atom stereocenters. The summed E-state index contributed by atoms with van der Waals surface area (Å²) in [5.74, 6) is -0.948. The van der Waals surface area contributed by atoms with Crippen molar-refractivity contribution in [2.24, 2.45) is 20.9 Å². The lowest BCUT2D eigenvalue weighted by Gasteiger charge is -2.05. The van der Waals surface area contributed by atoms with Crippen LogP contribution in [0.25, 0.3) is 10.6 Å². The molecule has 1 amide bonds. The number of hydrogen-bond donors (Lipinski definition) is 4. The van der Waals surface area contributed by atoms with E-state index in [1.165, 1.54) is 42.5 Å². The van der Waals surface area contributed by atoms with Crippen LogP contribution in [-0.2, 0) is 14.8 Å². The minimum absolute atomic E-state index is 0. The largest absolute Gasteiger partial charge is 0.369 e. The summed E-state index contributed by atoms with van der Waals surface area (Å²) in [5, 5.41) is 13.8. The van der Waals surface area contributed by atoms with E-state index in [1.807, 2.05) is 30.3 Å². The van der Waals surface area contributed by atoms with E-state index < -0.39 is 16.0 Å². The molecular weight excluding hydrogens is 476 g/mol. The summed E-state index contributed by atoms with van der Waals surface area (Å²) in [6.07, 6.45) is 0. The molecule has 6 N–H and O–H groups in total. The summed E-state index contributed by atoms with van der Waals surface area (Å²) in [6.45, 7) is 1.34. The molecule has 3 aromatic rings. The quantitative estimate of drug-likeness (QED) is 0.306. The van der Waals surface area contributed by atoms with E-state index in [9.17, 15) is 13.2 Å². The molecule has 0 spiro atoms. The summed E-state index contributed by atoms with van der Waals surface area (Å²) in [6, 6.07) is 14.9. The van der Waals surface area contributed by atoms with Crippen molar-refractivity contribution < 1.29 is 13.2 Å². The van der Waals surface area contributed by atoms with E-state index in [2.05, 4.69) is 30.2 Å². The van der Waals surface area contributed by atoms with Crippen molar-refractivity contribution in [2.45, 2.75) is 11.8 Å². The highest BCUT2D eigenvalue weighted by molar-refractivity contribution is 7.90. The van der Waals surface area contributed by atoms with Crippen LogP contribution in [0.4, 0.5) is 10.8 Å². The zero-order valence-electron chi connectivity index (χ0n) is 16.6. The van der Waals surface area contributed by atoms with Gasteiger partial charge in [-0.15, -0.1) is 27.0 Å². The number of carbonyl (C=O) groups is 1. The number of guanidine groups is 2. The van der Waals surface area contributed by atoms with E-state index in [0.717, 1.165) is 5.56 Å². The molecule has 0 saturated carbocycles. The predicted octanol–water partition coefficient (Wildman–Crippen LogP) is 1.82. The third kappa shape index (κ3) is 6.73. The highest BCUT2D eigenvalue weighted by Gasteiger charge is 2.14. The van der Waals surface area contributed by atoms with Gasteiger partial charge < -0.3 is 16.8 Å². The second-order valence-electron chi connectivity index (χ2n) is 6.04. The van der Waals surface area contributed by atoms with Gasteiger partial charge in [-0.25, -0.2) is 0 Å². The van der Waals surface area contributed by atoms with Crippen molar-refractivity contribution in [1.29, 1.82) is 0 Å². The number of sulfonamides is 1. The number of aromatic nitrogens is 2. The highest BCUT2D eigenvalue weighted by Crippen LogP contribution is 2.27. The van der Waals surface area contributed by atoms with Crippen LogP contribution in [-0.4, -0.2) is 36.4 Å². The fourth-order valence-electron chi connectivity index (χ4n) is 2.34. The minimum atomic E-state index is -4.10. The monoisotopic (exact) mass is 494 g/mol. The second kappa shape index (κ2) is 10.7. The van der Waals surface area contributed by atoms with Crippen LogP contribution in [0.1, 0.15) is 6.92 Å². The van der Waals surface area contributed by atoms with Crippen LogP contribution in [0.15, 0.2) is 68.9 Å². The standard InChI is InChI=1S/C18H18N8O3S2.ClH/c1-11(27)21-13-7-9-14(10-8-13)31(28,29)26-17(20)22-16(19)23-18-25-24-15(30-18)12-5-3-2-4-6-12;/h2-10H,1H3,(H,21,27)(H5,19,20,22,23,25,26);1H. The number of hydrogen-bond acceptors (Lipinski definition) is 7. The fourth-order valence-corrected chi connectivity index (χ4v) is 3.96. The molecule has 0 radical (unpaired) electrons. The van der Waals surface area contributed by atoms with Crippen LogP contribution in [0, 0.1) is 0 Å². The Bertz CT molecular complexity index is 1240. The van der Waals surface area contributed by atoms with Crippen molar-refractivity contribution >= 4 is 62.4 Å². The van der Waals surface area contributed by atoms with Crippen LogP contribution in [0.5, 0.6) is 0 Å². The molecule has 32 heavy (non-hydrogen) atoms. The third-order valence-electron chi connectivity index (χ3n) is 3.60. The normalized spacial score (nSPS) is 12.0. The summed E-state index contributed by atoms with van der Waals surface area (Å²) in [5.41, 5.74) is 12.7. The fraction of sp³-hybridized carbons (Fsp3) is 0.0556. The summed E-state index contributed by atoms with van der Waals surface area (Å²) < 4.78 is 28.2. The first kappa shape index (κ1) is 24.7. The van der Waals surface area contributed by atoms with Gasteiger partial charge in [-0.3, -0.25) is 10.1 Å². The van der Waals surface area contributed by atoms with Crippen molar-refractivity contribution in [2.75, 3.05) is 5.32 Å². The topological polar surface area (TPSA) is 178 Å². The first-order valence-electron chi connectivity index (χ1n) is 8.71. The van der Waals surface area contributed by atoms with Gasteiger partial charge in [0.2, 0.25) is 23.0 Å².